The normalized spacial score (nSPS) is 11.2. The van der Waals surface area contributed by atoms with Gasteiger partial charge >= 0.3 is 5.51 Å². The van der Waals surface area contributed by atoms with Gasteiger partial charge < -0.3 is 16.0 Å². The van der Waals surface area contributed by atoms with E-state index in [2.05, 4.69) is 25.9 Å². The van der Waals surface area contributed by atoms with Crippen molar-refractivity contribution in [1.29, 1.82) is 0 Å². The predicted molar refractivity (Wildman–Crippen MR) is 101 cm³/mol. The molecule has 12 heteroatoms. The Morgan fingerprint density at radius 2 is 1.96 bits per heavy atom. The lowest BCUT2D eigenvalue weighted by Crippen LogP contribution is -2.26. The molecule has 146 valence electrons. The number of thioether (sulfide) groups is 1. The van der Waals surface area contributed by atoms with Gasteiger partial charge in [-0.2, -0.15) is 18.2 Å². The molecule has 0 saturated heterocycles. The number of aromatic nitrogens is 2. The van der Waals surface area contributed by atoms with Crippen LogP contribution in [0.25, 0.3) is 0 Å². The van der Waals surface area contributed by atoms with Crippen LogP contribution in [0.4, 0.5) is 30.6 Å². The molecule has 6 nitrogen and oxygen atoms in total. The third kappa shape index (κ3) is 7.31. The molecule has 0 saturated carbocycles. The molecule has 0 spiro atoms. The van der Waals surface area contributed by atoms with Gasteiger partial charge in [0.25, 0.3) is 0 Å². The molecule has 1 heterocycles. The van der Waals surface area contributed by atoms with Crippen molar-refractivity contribution in [3.8, 4) is 0 Å². The topological polar surface area (TPSA) is 78.9 Å². The van der Waals surface area contributed by atoms with E-state index < -0.39 is 5.51 Å². The summed E-state index contributed by atoms with van der Waals surface area (Å²) >= 11 is 11.4. The first-order valence-electron chi connectivity index (χ1n) is 7.47. The summed E-state index contributed by atoms with van der Waals surface area (Å²) in [6, 6.07) is 4.72. The molecule has 27 heavy (non-hydrogen) atoms. The van der Waals surface area contributed by atoms with E-state index >= 15 is 0 Å². The Balaban J connectivity index is 2.19. The third-order valence-corrected chi connectivity index (χ3v) is 4.44. The summed E-state index contributed by atoms with van der Waals surface area (Å²) < 4.78 is 38.2. The van der Waals surface area contributed by atoms with Gasteiger partial charge in [0.05, 0.1) is 14.9 Å². The van der Waals surface area contributed by atoms with Crippen LogP contribution < -0.4 is 16.0 Å². The molecule has 2 aromatic rings. The van der Waals surface area contributed by atoms with Gasteiger partial charge in [-0.05, 0) is 30.0 Å². The molecule has 0 aliphatic carbocycles. The number of benzene rings is 1. The maximum Gasteiger partial charge on any atom is 0.446 e. The van der Waals surface area contributed by atoms with E-state index in [1.165, 1.54) is 13.0 Å². The lowest BCUT2D eigenvalue weighted by molar-refractivity contribution is -0.118. The van der Waals surface area contributed by atoms with E-state index in [0.29, 0.717) is 15.7 Å². The fraction of sp³-hybridized carbons (Fsp3) is 0.267. The van der Waals surface area contributed by atoms with Crippen molar-refractivity contribution in [3.63, 3.8) is 0 Å². The highest BCUT2D eigenvalue weighted by atomic mass is 35.5. The largest absolute Gasteiger partial charge is 0.446 e. The summed E-state index contributed by atoms with van der Waals surface area (Å²) in [7, 11) is 0. The Hall–Kier alpha value is -1.91. The Morgan fingerprint density at radius 3 is 2.59 bits per heavy atom. The molecule has 0 aliphatic rings. The number of hydrogen-bond donors (Lipinski definition) is 3. The number of amides is 1. The third-order valence-electron chi connectivity index (χ3n) is 2.95. The number of halogens is 5. The highest BCUT2D eigenvalue weighted by Crippen LogP contribution is 2.39. The van der Waals surface area contributed by atoms with Gasteiger partial charge in [0.15, 0.2) is 0 Å². The summed E-state index contributed by atoms with van der Waals surface area (Å²) in [5.74, 6) is -0.187. The van der Waals surface area contributed by atoms with Gasteiger partial charge in [0.2, 0.25) is 11.9 Å². The first-order chi connectivity index (χ1) is 12.6. The van der Waals surface area contributed by atoms with Crippen LogP contribution in [0, 0.1) is 0 Å². The minimum Gasteiger partial charge on any atom is -0.367 e. The summed E-state index contributed by atoms with van der Waals surface area (Å²) in [5, 5.41) is 8.81. The number of nitrogens with zero attached hydrogens (tertiary/aromatic N) is 2. The highest BCUT2D eigenvalue weighted by molar-refractivity contribution is 8.00. The number of rotatable bonds is 7. The first-order valence-corrected chi connectivity index (χ1v) is 9.04. The van der Waals surface area contributed by atoms with Crippen LogP contribution in [0.2, 0.25) is 10.0 Å². The van der Waals surface area contributed by atoms with Crippen LogP contribution >= 0.6 is 35.0 Å². The molecule has 0 bridgehead atoms. The minimum atomic E-state index is -4.49. The van der Waals surface area contributed by atoms with E-state index in [9.17, 15) is 18.0 Å². The monoisotopic (exact) mass is 439 g/mol. The molecule has 0 fully saturated rings. The van der Waals surface area contributed by atoms with Crippen molar-refractivity contribution >= 4 is 58.3 Å². The first kappa shape index (κ1) is 21.4. The number of carbonyl (C=O) groups excluding carboxylic acids is 1. The van der Waals surface area contributed by atoms with Gasteiger partial charge in [-0.3, -0.25) is 4.79 Å². The molecule has 1 aromatic carbocycles. The molecule has 0 atom stereocenters. The number of alkyl halides is 3. The van der Waals surface area contributed by atoms with Gasteiger partial charge in [-0.15, -0.1) is 0 Å². The molecule has 0 unspecified atom stereocenters. The van der Waals surface area contributed by atoms with Crippen LogP contribution in [-0.2, 0) is 4.79 Å². The number of carbonyl (C=O) groups is 1. The minimum absolute atomic E-state index is 0.0137. The highest BCUT2D eigenvalue weighted by Gasteiger charge is 2.31. The van der Waals surface area contributed by atoms with Gasteiger partial charge in [-0.25, -0.2) is 4.98 Å². The fourth-order valence-electron chi connectivity index (χ4n) is 1.88. The van der Waals surface area contributed by atoms with E-state index in [-0.39, 0.29) is 47.4 Å². The van der Waals surface area contributed by atoms with Gasteiger partial charge in [0, 0.05) is 31.9 Å². The van der Waals surface area contributed by atoms with Crippen molar-refractivity contribution < 1.29 is 18.0 Å². The number of hydrogen-bond acceptors (Lipinski definition) is 6. The maximum atomic E-state index is 12.7. The van der Waals surface area contributed by atoms with Crippen LogP contribution in [0.1, 0.15) is 6.92 Å². The molecule has 3 N–H and O–H groups in total. The second-order valence-corrected chi connectivity index (χ2v) is 7.04. The molecule has 0 radical (unpaired) electrons. The molecular formula is C15H14Cl2F3N5OS. The molecule has 0 aliphatic heterocycles. The van der Waals surface area contributed by atoms with Crippen LogP contribution in [-0.4, -0.2) is 34.5 Å². The van der Waals surface area contributed by atoms with Crippen molar-refractivity contribution in [2.45, 2.75) is 17.3 Å². The van der Waals surface area contributed by atoms with Crippen molar-refractivity contribution in [3.05, 3.63) is 34.4 Å². The van der Waals surface area contributed by atoms with Crippen LogP contribution in [0.3, 0.4) is 0 Å². The average molecular weight is 440 g/mol. The predicted octanol–water partition coefficient (Wildman–Crippen LogP) is 4.69. The number of anilines is 3. The number of nitrogens with one attached hydrogen (secondary N) is 3. The smallest absolute Gasteiger partial charge is 0.367 e. The van der Waals surface area contributed by atoms with E-state index in [1.807, 2.05) is 0 Å². The molecule has 1 amide bonds. The molecule has 1 aromatic heterocycles. The standard InChI is InChI=1S/C15H14Cl2F3N5OS/c1-8(26)21-4-5-22-13-12(27-15(18,19)20)7-23-14(25-13)24-9-2-3-10(16)11(17)6-9/h2-3,6-7H,4-5H2,1H3,(H,21,26)(H2,22,23,24,25). The Kier molecular flexibility index (Phi) is 7.40. The zero-order valence-electron chi connectivity index (χ0n) is 13.8. The van der Waals surface area contributed by atoms with Crippen molar-refractivity contribution in [1.82, 2.24) is 15.3 Å². The lowest BCUT2D eigenvalue weighted by atomic mass is 10.3. The van der Waals surface area contributed by atoms with E-state index in [1.54, 1.807) is 12.1 Å². The summed E-state index contributed by atoms with van der Waals surface area (Å²) in [4.78, 5) is 18.7. The van der Waals surface area contributed by atoms with E-state index in [0.717, 1.165) is 6.20 Å². The summed E-state index contributed by atoms with van der Waals surface area (Å²) in [6.45, 7) is 1.76. The van der Waals surface area contributed by atoms with Crippen LogP contribution in [0.5, 0.6) is 0 Å². The zero-order valence-corrected chi connectivity index (χ0v) is 16.2. The van der Waals surface area contributed by atoms with Crippen molar-refractivity contribution in [2.75, 3.05) is 23.7 Å². The van der Waals surface area contributed by atoms with Crippen molar-refractivity contribution in [2.24, 2.45) is 0 Å². The summed E-state index contributed by atoms with van der Waals surface area (Å²) in [5.41, 5.74) is -3.97. The van der Waals surface area contributed by atoms with Crippen LogP contribution in [0.15, 0.2) is 29.3 Å². The second kappa shape index (κ2) is 9.34. The average Bonchev–Trinajstić information content (AvgIpc) is 2.56. The van der Waals surface area contributed by atoms with E-state index in [4.69, 9.17) is 23.2 Å². The zero-order chi connectivity index (χ0) is 20.0. The lowest BCUT2D eigenvalue weighted by Gasteiger charge is -2.14. The Morgan fingerprint density at radius 1 is 1.22 bits per heavy atom. The summed E-state index contributed by atoms with van der Waals surface area (Å²) in [6.07, 6.45) is 1.06. The Bertz CT molecular complexity index is 823. The quantitative estimate of drug-likeness (QED) is 0.429. The maximum absolute atomic E-state index is 12.7. The second-order valence-electron chi connectivity index (χ2n) is 5.12. The molecule has 2 rings (SSSR count). The van der Waals surface area contributed by atoms with Gasteiger partial charge in [0.1, 0.15) is 5.82 Å². The fourth-order valence-corrected chi connectivity index (χ4v) is 2.75. The molecular weight excluding hydrogens is 426 g/mol. The van der Waals surface area contributed by atoms with Gasteiger partial charge in [-0.1, -0.05) is 23.2 Å². The SMILES string of the molecule is CC(=O)NCCNc1nc(Nc2ccc(Cl)c(Cl)c2)ncc1SC(F)(F)F. The Labute approximate surface area is 167 Å².